The van der Waals surface area contributed by atoms with Crippen LogP contribution in [0.25, 0.3) is 0 Å². The van der Waals surface area contributed by atoms with Crippen LogP contribution in [0.5, 0.6) is 5.75 Å². The van der Waals surface area contributed by atoms with Crippen LogP contribution in [0, 0.1) is 0 Å². The number of aromatic nitrogens is 3. The number of piperidine rings is 1. The van der Waals surface area contributed by atoms with Crippen LogP contribution in [0.4, 0.5) is 29.0 Å². The number of likely N-dealkylation sites (N-methyl/N-ethyl adjacent to an activating group) is 1. The molecule has 41 heavy (non-hydrogen) atoms. The average Bonchev–Trinajstić information content (AvgIpc) is 3.00. The number of nitrogens with two attached hydrogens (primary N) is 1. The normalized spacial score (nSPS) is 17.4. The molecule has 0 amide bonds. The molecule has 13 heteroatoms. The van der Waals surface area contributed by atoms with E-state index in [1.54, 1.807) is 37.3 Å². The van der Waals surface area contributed by atoms with Crippen molar-refractivity contribution in [2.45, 2.75) is 23.8 Å². The van der Waals surface area contributed by atoms with Crippen molar-refractivity contribution in [3.05, 3.63) is 48.8 Å². The summed E-state index contributed by atoms with van der Waals surface area (Å²) in [7, 11) is 3.46. The lowest BCUT2D eigenvalue weighted by molar-refractivity contribution is 0.0982. The molecule has 2 saturated heterocycles. The predicted octanol–water partition coefficient (Wildman–Crippen LogP) is 2.28. The molecule has 12 nitrogen and oxygen atoms in total. The zero-order chi connectivity index (χ0) is 29.1. The molecule has 5 rings (SSSR count). The summed E-state index contributed by atoms with van der Waals surface area (Å²) in [5, 5.41) is 5.43. The Morgan fingerprint density at radius 3 is 2.17 bits per heavy atom. The Morgan fingerprint density at radius 2 is 1.54 bits per heavy atom. The molecule has 0 radical (unpaired) electrons. The molecule has 3 heterocycles. The standard InChI is InChI=1S/C28H39N9O3S/c1-33-15-17-37(18-16-33)21-11-13-36(14-12-21)22-9-10-23(25(19-22)40-4)34(2)27-30-20-31-28(32-27)35(3)24-7-5-6-8-26(24)41(29,38)39/h5-10,19-21H,11-18H2,1-4H3,(H2,29,38,39). The number of rotatable bonds is 8. The number of sulfonamides is 1. The second-order valence-electron chi connectivity index (χ2n) is 10.6. The second-order valence-corrected chi connectivity index (χ2v) is 12.2. The van der Waals surface area contributed by atoms with Gasteiger partial charge < -0.3 is 24.3 Å². The van der Waals surface area contributed by atoms with Crippen molar-refractivity contribution >= 4 is 39.0 Å². The molecule has 2 aromatic carbocycles. The molecule has 1 aromatic heterocycles. The van der Waals surface area contributed by atoms with E-state index in [0.29, 0.717) is 23.4 Å². The van der Waals surface area contributed by atoms with Gasteiger partial charge in [0.15, 0.2) is 0 Å². The highest BCUT2D eigenvalue weighted by atomic mass is 32.2. The number of methoxy groups -OCH3 is 1. The Bertz CT molecular complexity index is 1460. The number of nitrogens with zero attached hydrogens (tertiary/aromatic N) is 8. The van der Waals surface area contributed by atoms with Gasteiger partial charge >= 0.3 is 0 Å². The van der Waals surface area contributed by atoms with Crippen LogP contribution in [0.3, 0.4) is 0 Å². The van der Waals surface area contributed by atoms with E-state index in [0.717, 1.165) is 63.5 Å². The van der Waals surface area contributed by atoms with Crippen molar-refractivity contribution in [1.82, 2.24) is 24.8 Å². The van der Waals surface area contributed by atoms with Crippen LogP contribution in [-0.2, 0) is 10.0 Å². The van der Waals surface area contributed by atoms with E-state index in [2.05, 4.69) is 48.8 Å². The van der Waals surface area contributed by atoms with Gasteiger partial charge in [0, 0.05) is 71.2 Å². The fourth-order valence-corrected chi connectivity index (χ4v) is 6.37. The summed E-state index contributed by atoms with van der Waals surface area (Å²) >= 11 is 0. The van der Waals surface area contributed by atoms with E-state index in [4.69, 9.17) is 9.88 Å². The molecule has 2 fully saturated rings. The van der Waals surface area contributed by atoms with Crippen molar-refractivity contribution in [1.29, 1.82) is 0 Å². The Labute approximate surface area is 242 Å². The summed E-state index contributed by atoms with van der Waals surface area (Å²) in [6.45, 7) is 6.63. The van der Waals surface area contributed by atoms with Crippen molar-refractivity contribution in [3.63, 3.8) is 0 Å². The molecule has 0 atom stereocenters. The first-order valence-corrected chi connectivity index (χ1v) is 15.3. The number of para-hydroxylation sites is 1. The molecule has 2 aliphatic heterocycles. The van der Waals surface area contributed by atoms with E-state index >= 15 is 0 Å². The molecular formula is C28H39N9O3S. The first-order valence-electron chi connectivity index (χ1n) is 13.8. The molecule has 0 unspecified atom stereocenters. The fraction of sp³-hybridized carbons (Fsp3) is 0.464. The van der Waals surface area contributed by atoms with Gasteiger partial charge in [-0.25, -0.2) is 23.5 Å². The molecule has 220 valence electrons. The predicted molar refractivity (Wildman–Crippen MR) is 161 cm³/mol. The van der Waals surface area contributed by atoms with Gasteiger partial charge in [-0.15, -0.1) is 0 Å². The number of benzene rings is 2. The summed E-state index contributed by atoms with van der Waals surface area (Å²) in [5.41, 5.74) is 2.30. The second kappa shape index (κ2) is 12.1. The highest BCUT2D eigenvalue weighted by Crippen LogP contribution is 2.36. The highest BCUT2D eigenvalue weighted by molar-refractivity contribution is 7.89. The quantitative estimate of drug-likeness (QED) is 0.421. The van der Waals surface area contributed by atoms with Gasteiger partial charge in [-0.1, -0.05) is 12.1 Å². The van der Waals surface area contributed by atoms with Gasteiger partial charge in [-0.2, -0.15) is 4.98 Å². The Morgan fingerprint density at radius 1 is 0.902 bits per heavy atom. The van der Waals surface area contributed by atoms with Gasteiger partial charge in [-0.05, 0) is 44.2 Å². The first kappa shape index (κ1) is 29.0. The topological polar surface area (TPSA) is 124 Å². The third-order valence-corrected chi connectivity index (χ3v) is 9.05. The summed E-state index contributed by atoms with van der Waals surface area (Å²) in [5.74, 6) is 1.37. The van der Waals surface area contributed by atoms with E-state index in [-0.39, 0.29) is 10.8 Å². The SMILES string of the molecule is COc1cc(N2CCC(N3CCN(C)CC3)CC2)ccc1N(C)c1ncnc(N(C)c2ccccc2S(N)(=O)=O)n1. The zero-order valence-corrected chi connectivity index (χ0v) is 25.0. The Hall–Kier alpha value is -3.52. The van der Waals surface area contributed by atoms with Crippen molar-refractivity contribution in [2.75, 3.05) is 82.2 Å². The lowest BCUT2D eigenvalue weighted by Gasteiger charge is -2.42. The van der Waals surface area contributed by atoms with Gasteiger partial charge in [0.25, 0.3) is 0 Å². The van der Waals surface area contributed by atoms with Crippen LogP contribution in [0.1, 0.15) is 12.8 Å². The maximum Gasteiger partial charge on any atom is 0.240 e. The smallest absolute Gasteiger partial charge is 0.240 e. The monoisotopic (exact) mass is 581 g/mol. The van der Waals surface area contributed by atoms with Gasteiger partial charge in [0.2, 0.25) is 21.9 Å². The third-order valence-electron chi connectivity index (χ3n) is 8.09. The Balaban J connectivity index is 1.31. The van der Waals surface area contributed by atoms with Gasteiger partial charge in [0.05, 0.1) is 18.5 Å². The zero-order valence-electron chi connectivity index (χ0n) is 24.1. The summed E-state index contributed by atoms with van der Waals surface area (Å²) in [6, 6.07) is 13.3. The van der Waals surface area contributed by atoms with E-state index in [1.165, 1.54) is 12.4 Å². The first-order chi connectivity index (χ1) is 19.7. The van der Waals surface area contributed by atoms with Crippen molar-refractivity contribution in [2.24, 2.45) is 5.14 Å². The number of anilines is 5. The number of hydrogen-bond donors (Lipinski definition) is 1. The number of primary sulfonamides is 1. The van der Waals surface area contributed by atoms with Crippen LogP contribution >= 0.6 is 0 Å². The molecule has 0 saturated carbocycles. The molecule has 0 aliphatic carbocycles. The minimum absolute atomic E-state index is 0.0114. The lowest BCUT2D eigenvalue weighted by atomic mass is 10.0. The summed E-state index contributed by atoms with van der Waals surface area (Å²) < 4.78 is 30.1. The molecular weight excluding hydrogens is 542 g/mol. The maximum absolute atomic E-state index is 12.1. The summed E-state index contributed by atoms with van der Waals surface area (Å²) in [4.78, 5) is 24.1. The average molecular weight is 582 g/mol. The largest absolute Gasteiger partial charge is 0.494 e. The van der Waals surface area contributed by atoms with Gasteiger partial charge in [-0.3, -0.25) is 4.90 Å². The maximum atomic E-state index is 12.1. The van der Waals surface area contributed by atoms with Crippen LogP contribution < -0.4 is 24.6 Å². The number of ether oxygens (including phenoxy) is 1. The minimum Gasteiger partial charge on any atom is -0.494 e. The molecule has 2 N–H and O–H groups in total. The molecule has 0 bridgehead atoms. The van der Waals surface area contributed by atoms with Crippen LogP contribution in [0.15, 0.2) is 53.7 Å². The number of piperazine rings is 1. The molecule has 3 aromatic rings. The lowest BCUT2D eigenvalue weighted by Crippen LogP contribution is -2.52. The Kier molecular flexibility index (Phi) is 8.59. The molecule has 0 spiro atoms. The van der Waals surface area contributed by atoms with Crippen LogP contribution in [-0.4, -0.2) is 107 Å². The fourth-order valence-electron chi connectivity index (χ4n) is 5.61. The minimum atomic E-state index is -3.94. The van der Waals surface area contributed by atoms with Gasteiger partial charge in [0.1, 0.15) is 17.0 Å². The molecule has 2 aliphatic rings. The highest BCUT2D eigenvalue weighted by Gasteiger charge is 2.27. The van der Waals surface area contributed by atoms with Crippen molar-refractivity contribution in [3.8, 4) is 5.75 Å². The van der Waals surface area contributed by atoms with E-state index < -0.39 is 10.0 Å². The van der Waals surface area contributed by atoms with E-state index in [9.17, 15) is 8.42 Å². The summed E-state index contributed by atoms with van der Waals surface area (Å²) in [6.07, 6.45) is 3.71. The number of hydrogen-bond acceptors (Lipinski definition) is 11. The van der Waals surface area contributed by atoms with Crippen LogP contribution in [0.2, 0.25) is 0 Å². The van der Waals surface area contributed by atoms with Crippen molar-refractivity contribution < 1.29 is 13.2 Å². The van der Waals surface area contributed by atoms with E-state index in [1.807, 2.05) is 18.0 Å². The third kappa shape index (κ3) is 6.38.